The molecule has 1 heterocycles. The number of hydrogen-bond donors (Lipinski definition) is 2. The molecule has 34 heavy (non-hydrogen) atoms. The van der Waals surface area contributed by atoms with E-state index in [4.69, 9.17) is 20.3 Å². The Balaban J connectivity index is 0.00000324. The van der Waals surface area contributed by atoms with Crippen molar-refractivity contribution in [1.82, 2.24) is 0 Å². The maximum atomic E-state index is 13.1. The van der Waals surface area contributed by atoms with Crippen molar-refractivity contribution in [3.05, 3.63) is 71.6 Å². The van der Waals surface area contributed by atoms with Crippen molar-refractivity contribution >= 4 is 35.0 Å². The molecule has 0 unspecified atom stereocenters. The highest BCUT2D eigenvalue weighted by molar-refractivity contribution is 6.08. The number of nitrogens with one attached hydrogen (secondary N) is 1. The summed E-state index contributed by atoms with van der Waals surface area (Å²) in [6.45, 7) is 2.62. The van der Waals surface area contributed by atoms with Crippen LogP contribution in [0.2, 0.25) is 0 Å². The summed E-state index contributed by atoms with van der Waals surface area (Å²) < 4.78 is 11.7. The highest BCUT2D eigenvalue weighted by Gasteiger charge is 2.22. The zero-order chi connectivity index (χ0) is 23.2. The molecule has 2 aliphatic rings. The summed E-state index contributed by atoms with van der Waals surface area (Å²) in [5.74, 6) is 0.250. The van der Waals surface area contributed by atoms with E-state index in [1.54, 1.807) is 24.3 Å². The van der Waals surface area contributed by atoms with E-state index in [1.807, 2.05) is 36.4 Å². The molecule has 0 radical (unpaired) electrons. The van der Waals surface area contributed by atoms with E-state index in [2.05, 4.69) is 6.92 Å². The fourth-order valence-electron chi connectivity index (χ4n) is 4.20. The molecule has 178 valence electrons. The van der Waals surface area contributed by atoms with Crippen LogP contribution in [0.4, 0.5) is 5.69 Å². The first-order valence-electron chi connectivity index (χ1n) is 11.7. The Morgan fingerprint density at radius 3 is 2.53 bits per heavy atom. The monoisotopic (exact) mass is 478 g/mol. The zero-order valence-electron chi connectivity index (χ0n) is 19.4. The molecule has 0 spiro atoms. The van der Waals surface area contributed by atoms with Crippen LogP contribution in [0.3, 0.4) is 0 Å². The number of halogens is 1. The van der Waals surface area contributed by atoms with Crippen molar-refractivity contribution in [2.75, 3.05) is 12.3 Å². The summed E-state index contributed by atoms with van der Waals surface area (Å²) in [5, 5.41) is 9.21. The van der Waals surface area contributed by atoms with Crippen LogP contribution >= 0.6 is 12.4 Å². The van der Waals surface area contributed by atoms with Crippen molar-refractivity contribution in [2.24, 2.45) is 0 Å². The van der Waals surface area contributed by atoms with E-state index in [0.29, 0.717) is 34.6 Å². The van der Waals surface area contributed by atoms with Crippen LogP contribution in [0.5, 0.6) is 0 Å². The number of hydrogen-bond acceptors (Lipinski definition) is 5. The van der Waals surface area contributed by atoms with Gasteiger partial charge in [-0.3, -0.25) is 0 Å². The molecule has 3 N–H and O–H groups in total. The van der Waals surface area contributed by atoms with Gasteiger partial charge in [0.2, 0.25) is 0 Å². The summed E-state index contributed by atoms with van der Waals surface area (Å²) in [6, 6.07) is 18.3. The molecule has 0 fully saturated rings. The summed E-state index contributed by atoms with van der Waals surface area (Å²) in [4.78, 5) is 13.1. The molecule has 1 aliphatic heterocycles. The Hall–Kier alpha value is -3.31. The molecule has 5 nitrogen and oxygen atoms in total. The first-order valence-corrected chi connectivity index (χ1v) is 11.7. The third-order valence-corrected chi connectivity index (χ3v) is 5.89. The number of nitrogen functional groups attached to an aromatic ring is 1. The van der Waals surface area contributed by atoms with Gasteiger partial charge in [-0.25, -0.2) is 4.79 Å². The van der Waals surface area contributed by atoms with E-state index in [9.17, 15) is 4.79 Å². The van der Waals surface area contributed by atoms with Gasteiger partial charge in [0.1, 0.15) is 11.3 Å². The SMILES string of the molecule is CCCCCCCCOC(=O)c1ccccc1-c1c2ccc(=N)cc-2oc2cc(N)ccc12.Cl. The second-order valence-corrected chi connectivity index (χ2v) is 8.39. The van der Waals surface area contributed by atoms with E-state index in [0.717, 1.165) is 34.9 Å². The molecule has 0 atom stereocenters. The van der Waals surface area contributed by atoms with Crippen LogP contribution in [0, 0.1) is 5.41 Å². The van der Waals surface area contributed by atoms with Crippen LogP contribution in [0.25, 0.3) is 33.4 Å². The number of nitrogens with two attached hydrogens (primary N) is 1. The third kappa shape index (κ3) is 5.60. The van der Waals surface area contributed by atoms with Crippen molar-refractivity contribution in [1.29, 1.82) is 5.41 Å². The second-order valence-electron chi connectivity index (χ2n) is 8.39. The highest BCUT2D eigenvalue weighted by atomic mass is 35.5. The van der Waals surface area contributed by atoms with Gasteiger partial charge in [0.15, 0.2) is 0 Å². The molecular weight excluding hydrogens is 448 g/mol. The van der Waals surface area contributed by atoms with Gasteiger partial charge in [-0.05, 0) is 42.3 Å². The number of benzene rings is 3. The van der Waals surface area contributed by atoms with Gasteiger partial charge in [0.25, 0.3) is 0 Å². The minimum absolute atomic E-state index is 0. The molecule has 0 aromatic heterocycles. The third-order valence-electron chi connectivity index (χ3n) is 5.89. The number of ether oxygens (including phenoxy) is 1. The van der Waals surface area contributed by atoms with Gasteiger partial charge in [0.05, 0.1) is 17.5 Å². The Morgan fingerprint density at radius 2 is 1.71 bits per heavy atom. The summed E-state index contributed by atoms with van der Waals surface area (Å²) in [5.41, 5.74) is 10.2. The van der Waals surface area contributed by atoms with Gasteiger partial charge in [-0.2, -0.15) is 0 Å². The predicted molar refractivity (Wildman–Crippen MR) is 139 cm³/mol. The Kier molecular flexibility index (Phi) is 8.72. The van der Waals surface area contributed by atoms with Gasteiger partial charge < -0.3 is 20.3 Å². The lowest BCUT2D eigenvalue weighted by atomic mass is 9.90. The number of fused-ring (bicyclic) bond motifs is 2. The largest absolute Gasteiger partial charge is 0.462 e. The first kappa shape index (κ1) is 25.3. The van der Waals surface area contributed by atoms with Gasteiger partial charge in [-0.1, -0.05) is 57.2 Å². The Morgan fingerprint density at radius 1 is 0.941 bits per heavy atom. The number of unbranched alkanes of at least 4 members (excludes halogenated alkanes) is 5. The lowest BCUT2D eigenvalue weighted by molar-refractivity contribution is 0.0498. The number of carbonyl (C=O) groups is 1. The summed E-state index contributed by atoms with van der Waals surface area (Å²) in [7, 11) is 0. The van der Waals surface area contributed by atoms with E-state index >= 15 is 0 Å². The molecule has 2 aromatic carbocycles. The first-order chi connectivity index (χ1) is 16.1. The summed E-state index contributed by atoms with van der Waals surface area (Å²) in [6.07, 6.45) is 6.83. The molecule has 0 bridgehead atoms. The van der Waals surface area contributed by atoms with Crippen LogP contribution in [-0.4, -0.2) is 12.6 Å². The molecule has 4 rings (SSSR count). The van der Waals surface area contributed by atoms with Crippen LogP contribution in [0.15, 0.2) is 65.1 Å². The normalized spacial score (nSPS) is 10.9. The van der Waals surface area contributed by atoms with Crippen LogP contribution in [0.1, 0.15) is 55.8 Å². The molecule has 2 aromatic rings. The van der Waals surface area contributed by atoms with Crippen molar-refractivity contribution in [3.63, 3.8) is 0 Å². The van der Waals surface area contributed by atoms with Crippen molar-refractivity contribution in [3.8, 4) is 22.5 Å². The van der Waals surface area contributed by atoms with Crippen LogP contribution < -0.4 is 11.1 Å². The molecular formula is C28H31ClN2O3. The quantitative estimate of drug-likeness (QED) is 0.115. The molecule has 0 saturated heterocycles. The van der Waals surface area contributed by atoms with Gasteiger partial charge in [0, 0.05) is 34.3 Å². The van der Waals surface area contributed by atoms with E-state index in [-0.39, 0.29) is 18.4 Å². The summed E-state index contributed by atoms with van der Waals surface area (Å²) >= 11 is 0. The zero-order valence-corrected chi connectivity index (χ0v) is 20.3. The van der Waals surface area contributed by atoms with E-state index in [1.165, 1.54) is 25.7 Å². The average molecular weight is 479 g/mol. The van der Waals surface area contributed by atoms with Gasteiger partial charge >= 0.3 is 5.97 Å². The van der Waals surface area contributed by atoms with Crippen molar-refractivity contribution < 1.29 is 13.9 Å². The minimum atomic E-state index is -0.325. The van der Waals surface area contributed by atoms with E-state index < -0.39 is 0 Å². The second kappa shape index (κ2) is 11.7. The topological polar surface area (TPSA) is 89.3 Å². The molecule has 1 aliphatic carbocycles. The standard InChI is InChI=1S/C28H30N2O3.ClH/c1-2-3-4-5-6-9-16-32-28(31)22-11-8-7-10-21(22)27-23-14-12-19(29)17-25(23)33-26-18-20(30)13-15-24(26)27;/h7-8,10-15,17-18,29H,2-6,9,16,30H2,1H3;1H. The fourth-order valence-corrected chi connectivity index (χ4v) is 4.20. The van der Waals surface area contributed by atoms with Crippen molar-refractivity contribution in [2.45, 2.75) is 45.4 Å². The number of anilines is 1. The minimum Gasteiger partial charge on any atom is -0.462 e. The Labute approximate surface area is 206 Å². The molecule has 0 amide bonds. The lowest BCUT2D eigenvalue weighted by Gasteiger charge is -2.17. The number of rotatable bonds is 9. The molecule has 0 saturated carbocycles. The molecule has 6 heteroatoms. The fraction of sp³-hybridized carbons (Fsp3) is 0.286. The highest BCUT2D eigenvalue weighted by Crippen LogP contribution is 2.41. The Bertz CT molecular complexity index is 1300. The number of esters is 1. The average Bonchev–Trinajstić information content (AvgIpc) is 2.81. The predicted octanol–water partition coefficient (Wildman–Crippen LogP) is 7.21. The van der Waals surface area contributed by atoms with Crippen LogP contribution in [-0.2, 0) is 4.74 Å². The van der Waals surface area contributed by atoms with Gasteiger partial charge in [-0.15, -0.1) is 12.4 Å². The maximum Gasteiger partial charge on any atom is 0.338 e. The smallest absolute Gasteiger partial charge is 0.338 e. The number of carbonyl (C=O) groups excluding carboxylic acids is 1. The lowest BCUT2D eigenvalue weighted by Crippen LogP contribution is -2.09. The maximum absolute atomic E-state index is 13.1.